The van der Waals surface area contributed by atoms with Crippen molar-refractivity contribution in [3.63, 3.8) is 0 Å². The van der Waals surface area contributed by atoms with Crippen LogP contribution in [0.4, 0.5) is 5.82 Å². The largest absolute Gasteiger partial charge is 0.383 e. The summed E-state index contributed by atoms with van der Waals surface area (Å²) in [4.78, 5) is 4.19. The van der Waals surface area contributed by atoms with Crippen LogP contribution in [-0.2, 0) is 0 Å². The van der Waals surface area contributed by atoms with E-state index in [1.807, 2.05) is 6.07 Å². The van der Waals surface area contributed by atoms with Crippen molar-refractivity contribution in [3.05, 3.63) is 45.8 Å². The van der Waals surface area contributed by atoms with E-state index in [0.717, 1.165) is 12.1 Å². The summed E-state index contributed by atoms with van der Waals surface area (Å²) < 4.78 is 0. The number of nitrogens with one attached hydrogen (secondary N) is 1. The molecule has 0 saturated heterocycles. The molecule has 0 aromatic carbocycles. The fraction of sp³-hybridized carbons (Fsp3) is 0.308. The number of nitrogen functional groups attached to an aromatic ring is 1. The monoisotopic (exact) mass is 247 g/mol. The Hall–Kier alpha value is -1.39. The summed E-state index contributed by atoms with van der Waals surface area (Å²) in [7, 11) is 0. The van der Waals surface area contributed by atoms with E-state index < -0.39 is 0 Å². The van der Waals surface area contributed by atoms with Gasteiger partial charge in [-0.25, -0.2) is 4.98 Å². The van der Waals surface area contributed by atoms with E-state index >= 15 is 0 Å². The van der Waals surface area contributed by atoms with Crippen LogP contribution >= 0.6 is 11.3 Å². The molecule has 0 fully saturated rings. The molecule has 0 saturated carbocycles. The third-order valence-corrected chi connectivity index (χ3v) is 3.51. The topological polar surface area (TPSA) is 50.9 Å². The highest BCUT2D eigenvalue weighted by Gasteiger charge is 2.18. The minimum Gasteiger partial charge on any atom is -0.383 e. The molecule has 2 aromatic heterocycles. The Labute approximate surface area is 106 Å². The number of aryl methyl sites for hydroxylation is 1. The van der Waals surface area contributed by atoms with Crippen LogP contribution in [0.2, 0.25) is 0 Å². The molecule has 0 radical (unpaired) electrons. The SMILES string of the molecule is CCNC(c1ccsc1)c1c(C)ccnc1N. The Kier molecular flexibility index (Phi) is 3.76. The van der Waals surface area contributed by atoms with Gasteiger partial charge in [0.1, 0.15) is 5.82 Å². The molecule has 2 rings (SSSR count). The van der Waals surface area contributed by atoms with Gasteiger partial charge in [0, 0.05) is 11.8 Å². The first-order chi connectivity index (χ1) is 8.24. The third-order valence-electron chi connectivity index (χ3n) is 2.81. The molecule has 0 aliphatic rings. The zero-order valence-corrected chi connectivity index (χ0v) is 10.9. The van der Waals surface area contributed by atoms with Crippen LogP contribution in [0.15, 0.2) is 29.1 Å². The van der Waals surface area contributed by atoms with E-state index in [4.69, 9.17) is 5.73 Å². The standard InChI is InChI=1S/C13H17N3S/c1-3-15-12(10-5-7-17-8-10)11-9(2)4-6-16-13(11)14/h4-8,12,15H,3H2,1-2H3,(H2,14,16). The van der Waals surface area contributed by atoms with Crippen LogP contribution < -0.4 is 11.1 Å². The van der Waals surface area contributed by atoms with E-state index in [2.05, 4.69) is 41.0 Å². The molecule has 4 heteroatoms. The lowest BCUT2D eigenvalue weighted by Gasteiger charge is -2.20. The van der Waals surface area contributed by atoms with Crippen molar-refractivity contribution >= 4 is 17.2 Å². The van der Waals surface area contributed by atoms with Crippen molar-refractivity contribution in [1.29, 1.82) is 0 Å². The Balaban J connectivity index is 2.46. The maximum atomic E-state index is 6.01. The lowest BCUT2D eigenvalue weighted by atomic mass is 9.98. The first-order valence-electron chi connectivity index (χ1n) is 5.70. The van der Waals surface area contributed by atoms with Gasteiger partial charge in [0.2, 0.25) is 0 Å². The lowest BCUT2D eigenvalue weighted by molar-refractivity contribution is 0.629. The maximum absolute atomic E-state index is 6.01. The van der Waals surface area contributed by atoms with Crippen molar-refractivity contribution in [1.82, 2.24) is 10.3 Å². The normalized spacial score (nSPS) is 12.6. The smallest absolute Gasteiger partial charge is 0.128 e. The number of aromatic nitrogens is 1. The Morgan fingerprint density at radius 1 is 1.47 bits per heavy atom. The Morgan fingerprint density at radius 2 is 2.29 bits per heavy atom. The zero-order chi connectivity index (χ0) is 12.3. The molecule has 2 heterocycles. The minimum atomic E-state index is 0.139. The van der Waals surface area contributed by atoms with Gasteiger partial charge in [-0.05, 0) is 47.5 Å². The first kappa shape index (κ1) is 12.1. The predicted molar refractivity (Wildman–Crippen MR) is 73.2 cm³/mol. The number of anilines is 1. The molecular formula is C13H17N3S. The van der Waals surface area contributed by atoms with E-state index in [1.165, 1.54) is 11.1 Å². The number of hydrogen-bond donors (Lipinski definition) is 2. The molecule has 2 aromatic rings. The van der Waals surface area contributed by atoms with Crippen LogP contribution in [0, 0.1) is 6.92 Å². The molecule has 0 amide bonds. The fourth-order valence-corrected chi connectivity index (χ4v) is 2.68. The zero-order valence-electron chi connectivity index (χ0n) is 10.1. The molecule has 3 N–H and O–H groups in total. The van der Waals surface area contributed by atoms with Gasteiger partial charge in [0.25, 0.3) is 0 Å². The first-order valence-corrected chi connectivity index (χ1v) is 6.64. The molecule has 0 aliphatic heterocycles. The van der Waals surface area contributed by atoms with Crippen molar-refractivity contribution < 1.29 is 0 Å². The van der Waals surface area contributed by atoms with Crippen molar-refractivity contribution in [2.45, 2.75) is 19.9 Å². The second-order valence-electron chi connectivity index (χ2n) is 3.97. The molecule has 0 spiro atoms. The third kappa shape index (κ3) is 2.48. The van der Waals surface area contributed by atoms with Crippen molar-refractivity contribution in [3.8, 4) is 0 Å². The molecule has 1 unspecified atom stereocenters. The molecular weight excluding hydrogens is 230 g/mol. The van der Waals surface area contributed by atoms with Crippen LogP contribution in [0.3, 0.4) is 0 Å². The summed E-state index contributed by atoms with van der Waals surface area (Å²) in [5.74, 6) is 0.613. The predicted octanol–water partition coefficient (Wildman–Crippen LogP) is 2.73. The van der Waals surface area contributed by atoms with Gasteiger partial charge >= 0.3 is 0 Å². The number of nitrogens with zero attached hydrogens (tertiary/aromatic N) is 1. The summed E-state index contributed by atoms with van der Waals surface area (Å²) in [6.07, 6.45) is 1.75. The fourth-order valence-electron chi connectivity index (χ4n) is 2.00. The summed E-state index contributed by atoms with van der Waals surface area (Å²) in [5.41, 5.74) is 9.53. The van der Waals surface area contributed by atoms with Gasteiger partial charge in [-0.3, -0.25) is 0 Å². The van der Waals surface area contributed by atoms with E-state index in [-0.39, 0.29) is 6.04 Å². The molecule has 0 aliphatic carbocycles. The summed E-state index contributed by atoms with van der Waals surface area (Å²) in [5, 5.41) is 7.71. The van der Waals surface area contributed by atoms with Gasteiger partial charge in [-0.1, -0.05) is 6.92 Å². The van der Waals surface area contributed by atoms with Crippen LogP contribution in [-0.4, -0.2) is 11.5 Å². The van der Waals surface area contributed by atoms with Crippen LogP contribution in [0.25, 0.3) is 0 Å². The van der Waals surface area contributed by atoms with Crippen LogP contribution in [0.5, 0.6) is 0 Å². The summed E-state index contributed by atoms with van der Waals surface area (Å²) >= 11 is 1.70. The van der Waals surface area contributed by atoms with Crippen molar-refractivity contribution in [2.24, 2.45) is 0 Å². The number of rotatable bonds is 4. The van der Waals surface area contributed by atoms with E-state index in [1.54, 1.807) is 17.5 Å². The highest BCUT2D eigenvalue weighted by atomic mass is 32.1. The minimum absolute atomic E-state index is 0.139. The molecule has 0 bridgehead atoms. The highest BCUT2D eigenvalue weighted by molar-refractivity contribution is 7.08. The van der Waals surface area contributed by atoms with Gasteiger partial charge in [0.05, 0.1) is 6.04 Å². The number of hydrogen-bond acceptors (Lipinski definition) is 4. The lowest BCUT2D eigenvalue weighted by Crippen LogP contribution is -2.23. The molecule has 17 heavy (non-hydrogen) atoms. The average molecular weight is 247 g/mol. The quantitative estimate of drug-likeness (QED) is 0.873. The second-order valence-corrected chi connectivity index (χ2v) is 4.75. The number of pyridine rings is 1. The Morgan fingerprint density at radius 3 is 2.88 bits per heavy atom. The molecule has 90 valence electrons. The molecule has 1 atom stereocenters. The van der Waals surface area contributed by atoms with Gasteiger partial charge in [0.15, 0.2) is 0 Å². The molecule has 3 nitrogen and oxygen atoms in total. The maximum Gasteiger partial charge on any atom is 0.128 e. The Bertz CT molecular complexity index is 459. The number of nitrogens with two attached hydrogens (primary N) is 1. The summed E-state index contributed by atoms with van der Waals surface area (Å²) in [6, 6.07) is 4.27. The van der Waals surface area contributed by atoms with Crippen molar-refractivity contribution in [2.75, 3.05) is 12.3 Å². The van der Waals surface area contributed by atoms with E-state index in [9.17, 15) is 0 Å². The van der Waals surface area contributed by atoms with Gasteiger partial charge in [-0.15, -0.1) is 0 Å². The number of thiophene rings is 1. The average Bonchev–Trinajstić information content (AvgIpc) is 2.80. The van der Waals surface area contributed by atoms with Crippen LogP contribution in [0.1, 0.15) is 29.7 Å². The van der Waals surface area contributed by atoms with E-state index in [0.29, 0.717) is 5.82 Å². The summed E-state index contributed by atoms with van der Waals surface area (Å²) in [6.45, 7) is 5.07. The highest BCUT2D eigenvalue weighted by Crippen LogP contribution is 2.29. The van der Waals surface area contributed by atoms with Gasteiger partial charge < -0.3 is 11.1 Å². The second kappa shape index (κ2) is 5.29. The van der Waals surface area contributed by atoms with Gasteiger partial charge in [-0.2, -0.15) is 11.3 Å².